The van der Waals surface area contributed by atoms with E-state index in [9.17, 15) is 0 Å². The third-order valence-electron chi connectivity index (χ3n) is 3.54. The standard InChI is InChI=1S/C15H22N2OS/c1-11(10-13-6-5-9-19-13)17(3)15(12(2)16)14-7-4-8-18-14/h4-9,11-12,15H,10,16H2,1-3H3. The van der Waals surface area contributed by atoms with Crippen LogP contribution in [0.3, 0.4) is 0 Å². The van der Waals surface area contributed by atoms with E-state index in [-0.39, 0.29) is 12.1 Å². The maximum absolute atomic E-state index is 6.14. The molecule has 0 aliphatic carbocycles. The Hall–Kier alpha value is -1.10. The Kier molecular flexibility index (Phi) is 4.80. The van der Waals surface area contributed by atoms with Gasteiger partial charge in [-0.3, -0.25) is 4.90 Å². The molecule has 3 nitrogen and oxygen atoms in total. The predicted octanol–water partition coefficient (Wildman–Crippen LogP) is 3.29. The number of thiophene rings is 1. The van der Waals surface area contributed by atoms with Crippen molar-refractivity contribution in [2.75, 3.05) is 7.05 Å². The zero-order chi connectivity index (χ0) is 13.8. The summed E-state index contributed by atoms with van der Waals surface area (Å²) in [6.45, 7) is 4.26. The molecule has 2 N–H and O–H groups in total. The molecule has 0 aromatic carbocycles. The second kappa shape index (κ2) is 6.37. The van der Waals surface area contributed by atoms with Gasteiger partial charge in [0.05, 0.1) is 12.3 Å². The van der Waals surface area contributed by atoms with Gasteiger partial charge in [0.25, 0.3) is 0 Å². The van der Waals surface area contributed by atoms with Gasteiger partial charge in [-0.05, 0) is 50.9 Å². The van der Waals surface area contributed by atoms with E-state index in [1.807, 2.05) is 19.1 Å². The summed E-state index contributed by atoms with van der Waals surface area (Å²) in [6, 6.07) is 8.77. The first-order valence-electron chi connectivity index (χ1n) is 6.63. The molecule has 0 spiro atoms. The van der Waals surface area contributed by atoms with Gasteiger partial charge < -0.3 is 10.2 Å². The molecular formula is C15H22N2OS. The first-order valence-corrected chi connectivity index (χ1v) is 7.51. The molecule has 104 valence electrons. The number of nitrogens with zero attached hydrogens (tertiary/aromatic N) is 1. The van der Waals surface area contributed by atoms with Crippen molar-refractivity contribution in [1.29, 1.82) is 0 Å². The molecule has 0 fully saturated rings. The first kappa shape index (κ1) is 14.3. The van der Waals surface area contributed by atoms with Gasteiger partial charge in [-0.1, -0.05) is 6.07 Å². The largest absolute Gasteiger partial charge is 0.468 e. The first-order chi connectivity index (χ1) is 9.09. The molecule has 0 saturated carbocycles. The van der Waals surface area contributed by atoms with E-state index in [0.29, 0.717) is 6.04 Å². The third-order valence-corrected chi connectivity index (χ3v) is 4.44. The fourth-order valence-electron chi connectivity index (χ4n) is 2.43. The van der Waals surface area contributed by atoms with Gasteiger partial charge >= 0.3 is 0 Å². The van der Waals surface area contributed by atoms with Crippen LogP contribution in [-0.4, -0.2) is 24.0 Å². The Morgan fingerprint density at radius 1 is 1.32 bits per heavy atom. The van der Waals surface area contributed by atoms with Crippen LogP contribution in [0.5, 0.6) is 0 Å². The smallest absolute Gasteiger partial charge is 0.122 e. The Balaban J connectivity index is 2.09. The van der Waals surface area contributed by atoms with Crippen molar-refractivity contribution in [1.82, 2.24) is 4.90 Å². The van der Waals surface area contributed by atoms with Gasteiger partial charge in [-0.2, -0.15) is 0 Å². The molecule has 2 aromatic rings. The monoisotopic (exact) mass is 278 g/mol. The van der Waals surface area contributed by atoms with Crippen molar-refractivity contribution in [2.24, 2.45) is 5.73 Å². The minimum atomic E-state index is 0.0296. The average molecular weight is 278 g/mol. The zero-order valence-corrected chi connectivity index (χ0v) is 12.6. The Bertz CT molecular complexity index is 464. The molecule has 0 bridgehead atoms. The van der Waals surface area contributed by atoms with E-state index in [1.165, 1.54) is 4.88 Å². The highest BCUT2D eigenvalue weighted by atomic mass is 32.1. The molecule has 4 heteroatoms. The summed E-state index contributed by atoms with van der Waals surface area (Å²) >= 11 is 1.80. The molecule has 0 amide bonds. The van der Waals surface area contributed by atoms with E-state index in [4.69, 9.17) is 10.2 Å². The van der Waals surface area contributed by atoms with Crippen LogP contribution in [0.4, 0.5) is 0 Å². The molecule has 0 aliphatic rings. The average Bonchev–Trinajstić information content (AvgIpc) is 3.01. The van der Waals surface area contributed by atoms with Gasteiger partial charge in [0, 0.05) is 17.0 Å². The highest BCUT2D eigenvalue weighted by molar-refractivity contribution is 7.09. The molecule has 3 unspecified atom stereocenters. The Morgan fingerprint density at radius 3 is 2.63 bits per heavy atom. The molecule has 3 atom stereocenters. The number of furan rings is 1. The van der Waals surface area contributed by atoms with Crippen molar-refractivity contribution < 1.29 is 4.42 Å². The summed E-state index contributed by atoms with van der Waals surface area (Å²) in [6.07, 6.45) is 2.75. The highest BCUT2D eigenvalue weighted by Gasteiger charge is 2.27. The second-order valence-corrected chi connectivity index (χ2v) is 6.15. The van der Waals surface area contributed by atoms with Crippen LogP contribution >= 0.6 is 11.3 Å². The lowest BCUT2D eigenvalue weighted by molar-refractivity contribution is 0.144. The molecule has 19 heavy (non-hydrogen) atoms. The highest BCUT2D eigenvalue weighted by Crippen LogP contribution is 2.26. The summed E-state index contributed by atoms with van der Waals surface area (Å²) in [5, 5.41) is 2.12. The number of hydrogen-bond donors (Lipinski definition) is 1. The third kappa shape index (κ3) is 3.47. The van der Waals surface area contributed by atoms with E-state index in [1.54, 1.807) is 17.6 Å². The molecule has 2 aromatic heterocycles. The van der Waals surface area contributed by atoms with Gasteiger partial charge in [0.1, 0.15) is 5.76 Å². The fraction of sp³-hybridized carbons (Fsp3) is 0.467. The molecule has 0 radical (unpaired) electrons. The van der Waals surface area contributed by atoms with Crippen molar-refractivity contribution in [2.45, 2.75) is 38.4 Å². The van der Waals surface area contributed by atoms with Crippen molar-refractivity contribution in [3.05, 3.63) is 46.5 Å². The zero-order valence-electron chi connectivity index (χ0n) is 11.7. The molecule has 0 aliphatic heterocycles. The Morgan fingerprint density at radius 2 is 2.11 bits per heavy atom. The lowest BCUT2D eigenvalue weighted by atomic mass is 10.0. The van der Waals surface area contributed by atoms with Crippen LogP contribution in [0.1, 0.15) is 30.5 Å². The number of rotatable bonds is 6. The summed E-state index contributed by atoms with van der Waals surface area (Å²) in [5.41, 5.74) is 6.14. The minimum absolute atomic E-state index is 0.0296. The van der Waals surface area contributed by atoms with Crippen LogP contribution in [0.25, 0.3) is 0 Å². The summed E-state index contributed by atoms with van der Waals surface area (Å²) in [7, 11) is 2.12. The maximum Gasteiger partial charge on any atom is 0.122 e. The fourth-order valence-corrected chi connectivity index (χ4v) is 3.25. The van der Waals surface area contributed by atoms with E-state index in [0.717, 1.165) is 12.2 Å². The van der Waals surface area contributed by atoms with E-state index in [2.05, 4.69) is 36.4 Å². The summed E-state index contributed by atoms with van der Waals surface area (Å²) < 4.78 is 5.54. The SMILES string of the molecule is CC(N)C(c1ccco1)N(C)C(C)Cc1cccs1. The van der Waals surface area contributed by atoms with E-state index < -0.39 is 0 Å². The lowest BCUT2D eigenvalue weighted by Gasteiger charge is -2.34. The van der Waals surface area contributed by atoms with Gasteiger partial charge in [0.15, 0.2) is 0 Å². The Labute approximate surface area is 119 Å². The normalized spacial score (nSPS) is 16.5. The van der Waals surface area contributed by atoms with Gasteiger partial charge in [0.2, 0.25) is 0 Å². The maximum atomic E-state index is 6.14. The van der Waals surface area contributed by atoms with Crippen LogP contribution < -0.4 is 5.73 Å². The molecule has 2 heterocycles. The van der Waals surface area contributed by atoms with Gasteiger partial charge in [-0.25, -0.2) is 0 Å². The summed E-state index contributed by atoms with van der Waals surface area (Å²) in [4.78, 5) is 3.71. The van der Waals surface area contributed by atoms with Crippen molar-refractivity contribution in [3.8, 4) is 0 Å². The number of nitrogens with two attached hydrogens (primary N) is 1. The van der Waals surface area contributed by atoms with Gasteiger partial charge in [-0.15, -0.1) is 11.3 Å². The predicted molar refractivity (Wildman–Crippen MR) is 80.3 cm³/mol. The molecular weight excluding hydrogens is 256 g/mol. The van der Waals surface area contributed by atoms with Crippen molar-refractivity contribution in [3.63, 3.8) is 0 Å². The topological polar surface area (TPSA) is 42.4 Å². The summed E-state index contributed by atoms with van der Waals surface area (Å²) in [5.74, 6) is 0.940. The second-order valence-electron chi connectivity index (χ2n) is 5.12. The van der Waals surface area contributed by atoms with Crippen molar-refractivity contribution >= 4 is 11.3 Å². The minimum Gasteiger partial charge on any atom is -0.468 e. The molecule has 2 rings (SSSR count). The van der Waals surface area contributed by atoms with Crippen LogP contribution in [0.15, 0.2) is 40.3 Å². The quantitative estimate of drug-likeness (QED) is 0.881. The van der Waals surface area contributed by atoms with Crippen LogP contribution in [0, 0.1) is 0 Å². The number of hydrogen-bond acceptors (Lipinski definition) is 4. The van der Waals surface area contributed by atoms with E-state index >= 15 is 0 Å². The van der Waals surface area contributed by atoms with Crippen LogP contribution in [-0.2, 0) is 6.42 Å². The molecule has 0 saturated heterocycles. The number of likely N-dealkylation sites (N-methyl/N-ethyl adjacent to an activating group) is 1. The van der Waals surface area contributed by atoms with Crippen LogP contribution in [0.2, 0.25) is 0 Å². The lowest BCUT2D eigenvalue weighted by Crippen LogP contribution is -2.42.